The van der Waals surface area contributed by atoms with Crippen LogP contribution in [0.25, 0.3) is 0 Å². The minimum Gasteiger partial charge on any atom is -0.342 e. The van der Waals surface area contributed by atoms with Gasteiger partial charge in [-0.25, -0.2) is 0 Å². The molecule has 1 aliphatic rings. The van der Waals surface area contributed by atoms with Crippen LogP contribution in [0.4, 0.5) is 0 Å². The maximum absolute atomic E-state index is 12.6. The molecule has 0 unspecified atom stereocenters. The van der Waals surface area contributed by atoms with Gasteiger partial charge >= 0.3 is 0 Å². The first kappa shape index (κ1) is 16.4. The number of benzene rings is 2. The summed E-state index contributed by atoms with van der Waals surface area (Å²) in [7, 11) is 0. The van der Waals surface area contributed by atoms with Crippen LogP contribution in [0.15, 0.2) is 54.6 Å². The van der Waals surface area contributed by atoms with E-state index in [1.54, 1.807) is 0 Å². The fourth-order valence-electron chi connectivity index (χ4n) is 2.87. The van der Waals surface area contributed by atoms with E-state index in [2.05, 4.69) is 24.3 Å². The van der Waals surface area contributed by atoms with E-state index in [0.717, 1.165) is 30.8 Å². The predicted octanol–water partition coefficient (Wildman–Crippen LogP) is 4.59. The molecule has 2 aromatic rings. The van der Waals surface area contributed by atoms with E-state index >= 15 is 0 Å². The van der Waals surface area contributed by atoms with Gasteiger partial charge in [-0.1, -0.05) is 60.1 Å². The lowest BCUT2D eigenvalue weighted by atomic mass is 10.1. The van der Waals surface area contributed by atoms with E-state index < -0.39 is 0 Å². The number of carbonyl (C=O) groups is 1. The molecule has 1 aliphatic heterocycles. The van der Waals surface area contributed by atoms with Crippen molar-refractivity contribution in [2.75, 3.05) is 18.8 Å². The lowest BCUT2D eigenvalue weighted by Crippen LogP contribution is -2.34. The smallest absolute Gasteiger partial charge is 0.227 e. The molecule has 2 nitrogen and oxygen atoms in total. The van der Waals surface area contributed by atoms with Gasteiger partial charge in [0.25, 0.3) is 0 Å². The van der Waals surface area contributed by atoms with Gasteiger partial charge < -0.3 is 4.90 Å². The van der Waals surface area contributed by atoms with E-state index in [0.29, 0.717) is 16.7 Å². The molecule has 2 aromatic carbocycles. The molecule has 0 aliphatic carbocycles. The molecule has 0 aromatic heterocycles. The van der Waals surface area contributed by atoms with Crippen LogP contribution in [0.5, 0.6) is 0 Å². The summed E-state index contributed by atoms with van der Waals surface area (Å²) in [5, 5.41) is 1.15. The minimum absolute atomic E-state index is 0.174. The Hall–Kier alpha value is -1.45. The molecular weight excluding hydrogens is 326 g/mol. The molecule has 1 amide bonds. The third-order valence-electron chi connectivity index (χ3n) is 4.17. The van der Waals surface area contributed by atoms with E-state index in [-0.39, 0.29) is 5.91 Å². The van der Waals surface area contributed by atoms with Crippen molar-refractivity contribution in [3.8, 4) is 0 Å². The fourth-order valence-corrected chi connectivity index (χ4v) is 4.30. The van der Waals surface area contributed by atoms with Gasteiger partial charge in [0, 0.05) is 29.1 Å². The van der Waals surface area contributed by atoms with Crippen LogP contribution in [0, 0.1) is 0 Å². The molecule has 1 heterocycles. The van der Waals surface area contributed by atoms with Gasteiger partial charge in [-0.15, -0.1) is 0 Å². The molecule has 1 fully saturated rings. The van der Waals surface area contributed by atoms with Crippen LogP contribution in [0.3, 0.4) is 0 Å². The number of thioether (sulfide) groups is 1. The van der Waals surface area contributed by atoms with E-state index in [9.17, 15) is 4.79 Å². The Kier molecular flexibility index (Phi) is 5.63. The van der Waals surface area contributed by atoms with Crippen molar-refractivity contribution < 1.29 is 4.79 Å². The maximum Gasteiger partial charge on any atom is 0.227 e. The molecule has 0 saturated carbocycles. The minimum atomic E-state index is 0.174. The lowest BCUT2D eigenvalue weighted by Gasteiger charge is -2.20. The summed E-state index contributed by atoms with van der Waals surface area (Å²) in [6.45, 7) is 1.63. The van der Waals surface area contributed by atoms with Crippen molar-refractivity contribution in [1.29, 1.82) is 0 Å². The van der Waals surface area contributed by atoms with Crippen LogP contribution in [0.1, 0.15) is 22.8 Å². The van der Waals surface area contributed by atoms with Crippen LogP contribution >= 0.6 is 23.4 Å². The summed E-state index contributed by atoms with van der Waals surface area (Å²) in [6, 6.07) is 18.2. The maximum atomic E-state index is 12.6. The highest BCUT2D eigenvalue weighted by Crippen LogP contribution is 2.34. The Balaban J connectivity index is 1.61. The number of hydrogen-bond acceptors (Lipinski definition) is 2. The van der Waals surface area contributed by atoms with Gasteiger partial charge in [-0.2, -0.15) is 11.8 Å². The first-order valence-electron chi connectivity index (χ1n) is 7.92. The molecule has 0 radical (unpaired) electrons. The third kappa shape index (κ3) is 4.30. The van der Waals surface area contributed by atoms with Crippen molar-refractivity contribution in [2.45, 2.75) is 18.1 Å². The summed E-state index contributed by atoms with van der Waals surface area (Å²) in [6.07, 6.45) is 1.39. The molecule has 1 saturated heterocycles. The summed E-state index contributed by atoms with van der Waals surface area (Å²) >= 11 is 8.12. The highest BCUT2D eigenvalue weighted by atomic mass is 35.5. The second-order valence-corrected chi connectivity index (χ2v) is 7.43. The standard InChI is InChI=1S/C19H20ClNOS/c20-17-9-5-4-8-16(17)14-19(22)21-11-10-18(23-13-12-21)15-6-2-1-3-7-15/h1-9,18H,10-14H2/t18-/m1/s1. The molecular formula is C19H20ClNOS. The van der Waals surface area contributed by atoms with Gasteiger partial charge in [0.05, 0.1) is 6.42 Å². The molecule has 23 heavy (non-hydrogen) atoms. The Morgan fingerprint density at radius 3 is 2.61 bits per heavy atom. The fraction of sp³-hybridized carbons (Fsp3) is 0.316. The van der Waals surface area contributed by atoms with Crippen LogP contribution < -0.4 is 0 Å². The van der Waals surface area contributed by atoms with Gasteiger partial charge in [0.1, 0.15) is 0 Å². The molecule has 0 spiro atoms. The second kappa shape index (κ2) is 7.89. The number of hydrogen-bond donors (Lipinski definition) is 0. The average Bonchev–Trinajstić information content (AvgIpc) is 2.84. The lowest BCUT2D eigenvalue weighted by molar-refractivity contribution is -0.130. The van der Waals surface area contributed by atoms with E-state index in [1.807, 2.05) is 47.0 Å². The SMILES string of the molecule is O=C(Cc1ccccc1Cl)N1CCS[C@@H](c2ccccc2)CC1. The summed E-state index contributed by atoms with van der Waals surface area (Å²) in [4.78, 5) is 14.6. The van der Waals surface area contributed by atoms with Gasteiger partial charge in [-0.3, -0.25) is 4.79 Å². The third-order valence-corrected chi connectivity index (χ3v) is 5.86. The number of rotatable bonds is 3. The first-order valence-corrected chi connectivity index (χ1v) is 9.34. The zero-order chi connectivity index (χ0) is 16.1. The normalized spacial score (nSPS) is 18.5. The van der Waals surface area contributed by atoms with Crippen LogP contribution in [-0.2, 0) is 11.2 Å². The first-order chi connectivity index (χ1) is 11.2. The van der Waals surface area contributed by atoms with Crippen LogP contribution in [-0.4, -0.2) is 29.6 Å². The molecule has 0 bridgehead atoms. The molecule has 120 valence electrons. The van der Waals surface area contributed by atoms with Gasteiger partial charge in [-0.05, 0) is 23.6 Å². The van der Waals surface area contributed by atoms with Crippen molar-refractivity contribution in [3.63, 3.8) is 0 Å². The highest BCUT2D eigenvalue weighted by molar-refractivity contribution is 7.99. The Bertz CT molecular complexity index is 661. The van der Waals surface area contributed by atoms with Gasteiger partial charge in [0.2, 0.25) is 5.91 Å². The van der Waals surface area contributed by atoms with Crippen molar-refractivity contribution in [2.24, 2.45) is 0 Å². The molecule has 1 atom stereocenters. The van der Waals surface area contributed by atoms with Crippen LogP contribution in [0.2, 0.25) is 5.02 Å². The Morgan fingerprint density at radius 2 is 1.83 bits per heavy atom. The number of carbonyl (C=O) groups excluding carboxylic acids is 1. The molecule has 4 heteroatoms. The quantitative estimate of drug-likeness (QED) is 0.811. The average molecular weight is 346 g/mol. The Morgan fingerprint density at radius 1 is 1.09 bits per heavy atom. The Labute approximate surface area is 146 Å². The topological polar surface area (TPSA) is 20.3 Å². The summed E-state index contributed by atoms with van der Waals surface area (Å²) in [5.74, 6) is 1.15. The second-order valence-electron chi connectivity index (χ2n) is 5.71. The van der Waals surface area contributed by atoms with Gasteiger partial charge in [0.15, 0.2) is 0 Å². The molecule has 3 rings (SSSR count). The van der Waals surface area contributed by atoms with Crippen molar-refractivity contribution in [1.82, 2.24) is 4.90 Å². The highest BCUT2D eigenvalue weighted by Gasteiger charge is 2.22. The van der Waals surface area contributed by atoms with Crippen molar-refractivity contribution in [3.05, 3.63) is 70.7 Å². The predicted molar refractivity (Wildman–Crippen MR) is 98.0 cm³/mol. The largest absolute Gasteiger partial charge is 0.342 e. The summed E-state index contributed by atoms with van der Waals surface area (Å²) < 4.78 is 0. The van der Waals surface area contributed by atoms with Crippen molar-refractivity contribution >= 4 is 29.3 Å². The molecule has 0 N–H and O–H groups in total. The summed E-state index contributed by atoms with van der Waals surface area (Å²) in [5.41, 5.74) is 2.27. The zero-order valence-electron chi connectivity index (χ0n) is 13.0. The zero-order valence-corrected chi connectivity index (χ0v) is 14.5. The number of amides is 1. The monoisotopic (exact) mass is 345 g/mol. The van der Waals surface area contributed by atoms with E-state index in [4.69, 9.17) is 11.6 Å². The van der Waals surface area contributed by atoms with E-state index in [1.165, 1.54) is 5.56 Å². The number of nitrogens with zero attached hydrogens (tertiary/aromatic N) is 1. The number of halogens is 1.